The molecule has 1 saturated heterocycles. The van der Waals surface area contributed by atoms with Crippen LogP contribution in [0, 0.1) is 23.2 Å². The normalized spacial score (nSPS) is 17.6. The van der Waals surface area contributed by atoms with Crippen molar-refractivity contribution in [3.8, 4) is 17.9 Å². The van der Waals surface area contributed by atoms with Crippen molar-refractivity contribution >= 4 is 16.9 Å². The van der Waals surface area contributed by atoms with Crippen molar-refractivity contribution in [3.05, 3.63) is 22.2 Å². The zero-order valence-electron chi connectivity index (χ0n) is 13.0. The van der Waals surface area contributed by atoms with E-state index in [-0.39, 0.29) is 11.6 Å². The summed E-state index contributed by atoms with van der Waals surface area (Å²) in [7, 11) is 0. The number of nitrogens with two attached hydrogens (primary N) is 1. The quantitative estimate of drug-likeness (QED) is 0.788. The molecule has 2 aromatic rings. The highest BCUT2D eigenvalue weighted by Crippen LogP contribution is 2.31. The van der Waals surface area contributed by atoms with E-state index in [1.54, 1.807) is 11.5 Å². The number of rotatable bonds is 2. The standard InChI is InChI=1S/C16H18N6O/c1-2-3-7-22-14-13(19-10-20-15(14)23)12(8-17)16(22)21-6-4-5-11(18)9-21/h10-11H,4-7,9,18H2,1H3,(H,19,20,23). The largest absolute Gasteiger partial charge is 0.355 e. The summed E-state index contributed by atoms with van der Waals surface area (Å²) in [6, 6.07) is 2.27. The second-order valence-electron chi connectivity index (χ2n) is 5.60. The van der Waals surface area contributed by atoms with Crippen LogP contribution in [0.4, 0.5) is 5.82 Å². The molecule has 0 bridgehead atoms. The second kappa shape index (κ2) is 6.15. The molecule has 118 valence electrons. The summed E-state index contributed by atoms with van der Waals surface area (Å²) in [5.41, 5.74) is 7.04. The predicted octanol–water partition coefficient (Wildman–Crippen LogP) is 0.547. The van der Waals surface area contributed by atoms with Crippen LogP contribution in [0.5, 0.6) is 0 Å². The summed E-state index contributed by atoms with van der Waals surface area (Å²) in [4.78, 5) is 21.1. The number of anilines is 1. The molecule has 0 aliphatic carbocycles. The van der Waals surface area contributed by atoms with Gasteiger partial charge in [-0.2, -0.15) is 5.26 Å². The Morgan fingerprint density at radius 1 is 1.57 bits per heavy atom. The molecule has 2 aromatic heterocycles. The van der Waals surface area contributed by atoms with Gasteiger partial charge < -0.3 is 20.2 Å². The molecule has 1 unspecified atom stereocenters. The average molecular weight is 310 g/mol. The maximum atomic E-state index is 12.3. The van der Waals surface area contributed by atoms with E-state index in [0.717, 1.165) is 19.4 Å². The van der Waals surface area contributed by atoms with Crippen LogP contribution < -0.4 is 16.2 Å². The van der Waals surface area contributed by atoms with Crippen LogP contribution >= 0.6 is 0 Å². The van der Waals surface area contributed by atoms with Crippen LogP contribution in [0.3, 0.4) is 0 Å². The van der Waals surface area contributed by atoms with Gasteiger partial charge in [-0.3, -0.25) is 4.79 Å². The van der Waals surface area contributed by atoms with Crippen LogP contribution in [-0.4, -0.2) is 33.7 Å². The number of piperidine rings is 1. The van der Waals surface area contributed by atoms with Gasteiger partial charge in [0.25, 0.3) is 5.56 Å². The minimum absolute atomic E-state index is 0.0604. The average Bonchev–Trinajstić information content (AvgIpc) is 2.87. The molecule has 3 N–H and O–H groups in total. The summed E-state index contributed by atoms with van der Waals surface area (Å²) in [6.07, 6.45) is 3.25. The first-order chi connectivity index (χ1) is 11.2. The molecular weight excluding hydrogens is 292 g/mol. The fourth-order valence-corrected chi connectivity index (χ4v) is 3.12. The predicted molar refractivity (Wildman–Crippen MR) is 87.9 cm³/mol. The monoisotopic (exact) mass is 310 g/mol. The highest BCUT2D eigenvalue weighted by Gasteiger charge is 2.27. The molecule has 1 aliphatic heterocycles. The Morgan fingerprint density at radius 3 is 3.09 bits per heavy atom. The van der Waals surface area contributed by atoms with E-state index >= 15 is 0 Å². The topological polar surface area (TPSA) is 104 Å². The number of aromatic amines is 1. The van der Waals surface area contributed by atoms with Gasteiger partial charge in [-0.05, 0) is 19.8 Å². The number of nitrogens with one attached hydrogen (secondary N) is 1. The summed E-state index contributed by atoms with van der Waals surface area (Å²) < 4.78 is 1.79. The summed E-state index contributed by atoms with van der Waals surface area (Å²) in [6.45, 7) is 3.54. The number of hydrogen-bond acceptors (Lipinski definition) is 5. The Bertz CT molecular complexity index is 891. The maximum Gasteiger partial charge on any atom is 0.275 e. The van der Waals surface area contributed by atoms with E-state index in [1.807, 2.05) is 0 Å². The summed E-state index contributed by atoms with van der Waals surface area (Å²) in [5, 5.41) is 9.63. The Kier molecular flexibility index (Phi) is 4.05. The van der Waals surface area contributed by atoms with E-state index in [9.17, 15) is 10.1 Å². The molecular formula is C16H18N6O. The van der Waals surface area contributed by atoms with Gasteiger partial charge in [-0.25, -0.2) is 4.98 Å². The van der Waals surface area contributed by atoms with E-state index in [0.29, 0.717) is 35.5 Å². The van der Waals surface area contributed by atoms with Crippen molar-refractivity contribution in [3.63, 3.8) is 0 Å². The molecule has 1 atom stereocenters. The molecule has 3 rings (SSSR count). The number of aromatic nitrogens is 3. The third-order valence-corrected chi connectivity index (χ3v) is 4.10. The molecule has 0 saturated carbocycles. The summed E-state index contributed by atoms with van der Waals surface area (Å²) in [5.74, 6) is 6.51. The van der Waals surface area contributed by atoms with Gasteiger partial charge in [0.1, 0.15) is 28.5 Å². The number of nitriles is 1. The van der Waals surface area contributed by atoms with Gasteiger partial charge in [0.2, 0.25) is 0 Å². The van der Waals surface area contributed by atoms with Crippen LogP contribution in [0.15, 0.2) is 11.1 Å². The minimum atomic E-state index is -0.267. The van der Waals surface area contributed by atoms with Crippen molar-refractivity contribution in [2.75, 3.05) is 18.0 Å². The van der Waals surface area contributed by atoms with Crippen LogP contribution in [0.1, 0.15) is 25.3 Å². The smallest absolute Gasteiger partial charge is 0.275 e. The van der Waals surface area contributed by atoms with E-state index in [1.165, 1.54) is 6.33 Å². The van der Waals surface area contributed by atoms with Crippen molar-refractivity contribution in [1.82, 2.24) is 14.5 Å². The molecule has 0 spiro atoms. The summed E-state index contributed by atoms with van der Waals surface area (Å²) >= 11 is 0. The second-order valence-corrected chi connectivity index (χ2v) is 5.60. The number of hydrogen-bond donors (Lipinski definition) is 2. The molecule has 1 fully saturated rings. The lowest BCUT2D eigenvalue weighted by molar-refractivity contribution is 0.499. The Morgan fingerprint density at radius 2 is 2.39 bits per heavy atom. The first-order valence-corrected chi connectivity index (χ1v) is 7.57. The van der Waals surface area contributed by atoms with Gasteiger partial charge in [0.15, 0.2) is 0 Å². The van der Waals surface area contributed by atoms with Crippen LogP contribution in [0.25, 0.3) is 11.0 Å². The van der Waals surface area contributed by atoms with Gasteiger partial charge >= 0.3 is 0 Å². The molecule has 0 amide bonds. The fraction of sp³-hybridized carbons (Fsp3) is 0.438. The van der Waals surface area contributed by atoms with Gasteiger partial charge in [0.05, 0.1) is 12.9 Å². The lowest BCUT2D eigenvalue weighted by atomic mass is 10.1. The molecule has 3 heterocycles. The highest BCUT2D eigenvalue weighted by molar-refractivity contribution is 5.89. The Hall–Kier alpha value is -2.77. The number of H-pyrrole nitrogens is 1. The Labute approximate surface area is 133 Å². The lowest BCUT2D eigenvalue weighted by Gasteiger charge is -2.33. The van der Waals surface area contributed by atoms with Crippen molar-refractivity contribution < 1.29 is 0 Å². The van der Waals surface area contributed by atoms with Crippen LogP contribution in [-0.2, 0) is 6.54 Å². The van der Waals surface area contributed by atoms with Crippen molar-refractivity contribution in [1.29, 1.82) is 5.26 Å². The van der Waals surface area contributed by atoms with Crippen LogP contribution in [0.2, 0.25) is 0 Å². The number of fused-ring (bicyclic) bond motifs is 1. The SMILES string of the molecule is CC#CCn1c(N2CCCC(N)C2)c(C#N)c2nc[nH]c(=O)c21. The molecule has 1 aliphatic rings. The van der Waals surface area contributed by atoms with E-state index in [4.69, 9.17) is 5.73 Å². The first-order valence-electron chi connectivity index (χ1n) is 7.57. The molecule has 0 aromatic carbocycles. The van der Waals surface area contributed by atoms with Gasteiger partial charge in [-0.1, -0.05) is 5.92 Å². The molecule has 7 nitrogen and oxygen atoms in total. The third-order valence-electron chi connectivity index (χ3n) is 4.10. The van der Waals surface area contributed by atoms with Crippen molar-refractivity contribution in [2.45, 2.75) is 32.4 Å². The molecule has 7 heteroatoms. The zero-order valence-corrected chi connectivity index (χ0v) is 13.0. The lowest BCUT2D eigenvalue weighted by Crippen LogP contribution is -2.44. The zero-order chi connectivity index (χ0) is 16.4. The molecule has 0 radical (unpaired) electrons. The third kappa shape index (κ3) is 2.56. The van der Waals surface area contributed by atoms with Gasteiger partial charge in [-0.15, -0.1) is 5.92 Å². The highest BCUT2D eigenvalue weighted by atomic mass is 16.1. The fourth-order valence-electron chi connectivity index (χ4n) is 3.12. The van der Waals surface area contributed by atoms with Crippen molar-refractivity contribution in [2.24, 2.45) is 5.73 Å². The molecule has 23 heavy (non-hydrogen) atoms. The number of nitrogens with zero attached hydrogens (tertiary/aromatic N) is 4. The van der Waals surface area contributed by atoms with Gasteiger partial charge in [0, 0.05) is 19.1 Å². The first kappa shape index (κ1) is 15.1. The Balaban J connectivity index is 2.29. The maximum absolute atomic E-state index is 12.3. The van der Waals surface area contributed by atoms with E-state index < -0.39 is 0 Å². The minimum Gasteiger partial charge on any atom is -0.355 e. The van der Waals surface area contributed by atoms with E-state index in [2.05, 4.69) is 32.8 Å².